The lowest BCUT2D eigenvalue weighted by Gasteiger charge is -2.15. The molecule has 14 heavy (non-hydrogen) atoms. The van der Waals surface area contributed by atoms with Crippen molar-refractivity contribution in [3.05, 3.63) is 0 Å². The number of carbonyl (C=O) groups is 1. The van der Waals surface area contributed by atoms with Crippen LogP contribution in [0.1, 0.15) is 6.42 Å². The highest BCUT2D eigenvalue weighted by Crippen LogP contribution is 2.07. The van der Waals surface area contributed by atoms with E-state index in [9.17, 15) is 9.90 Å². The second-order valence-corrected chi connectivity index (χ2v) is 3.45. The van der Waals surface area contributed by atoms with Gasteiger partial charge < -0.3 is 20.1 Å². The molecule has 0 radical (unpaired) electrons. The first kappa shape index (κ1) is 11.4. The van der Waals surface area contributed by atoms with Crippen molar-refractivity contribution in [3.8, 4) is 0 Å². The van der Waals surface area contributed by atoms with Gasteiger partial charge in [-0.15, -0.1) is 0 Å². The molecule has 1 rings (SSSR count). The molecule has 1 fully saturated rings. The number of aliphatic hydroxyl groups is 1. The molecule has 82 valence electrons. The summed E-state index contributed by atoms with van der Waals surface area (Å²) in [6, 6.07) is 0. The highest BCUT2D eigenvalue weighted by Gasteiger charge is 2.23. The molecule has 0 saturated carbocycles. The van der Waals surface area contributed by atoms with Crippen LogP contribution in [0.3, 0.4) is 0 Å². The maximum atomic E-state index is 11.5. The fourth-order valence-corrected chi connectivity index (χ4v) is 1.45. The van der Waals surface area contributed by atoms with Crippen LogP contribution in [-0.4, -0.2) is 61.9 Å². The Balaban J connectivity index is 2.09. The average molecular weight is 202 g/mol. The van der Waals surface area contributed by atoms with E-state index in [1.807, 2.05) is 0 Å². The normalized spacial score (nSPS) is 21.6. The molecule has 1 heterocycles. The molecule has 0 aromatic rings. The van der Waals surface area contributed by atoms with Crippen molar-refractivity contribution in [1.29, 1.82) is 0 Å². The third-order valence-electron chi connectivity index (χ3n) is 2.28. The van der Waals surface area contributed by atoms with Crippen LogP contribution in [0.2, 0.25) is 0 Å². The molecule has 0 aliphatic carbocycles. The number of amides is 1. The van der Waals surface area contributed by atoms with Crippen molar-refractivity contribution in [3.63, 3.8) is 0 Å². The minimum atomic E-state index is -0.335. The number of hydrogen-bond acceptors (Lipinski definition) is 4. The van der Waals surface area contributed by atoms with Crippen LogP contribution >= 0.6 is 0 Å². The van der Waals surface area contributed by atoms with Crippen LogP contribution in [0.4, 0.5) is 0 Å². The fraction of sp³-hybridized carbons (Fsp3) is 0.889. The Bertz CT molecular complexity index is 187. The Morgan fingerprint density at radius 1 is 1.71 bits per heavy atom. The Kier molecular flexibility index (Phi) is 4.86. The molecule has 1 aliphatic rings. The number of carbonyl (C=O) groups excluding carboxylic acids is 1. The SMILES string of the molecule is COCCNCC(=O)N1CCC(O)C1. The third-order valence-corrected chi connectivity index (χ3v) is 2.28. The lowest BCUT2D eigenvalue weighted by molar-refractivity contribution is -0.129. The van der Waals surface area contributed by atoms with Gasteiger partial charge in [0.15, 0.2) is 0 Å². The summed E-state index contributed by atoms with van der Waals surface area (Å²) < 4.78 is 4.84. The summed E-state index contributed by atoms with van der Waals surface area (Å²) in [5, 5.41) is 12.2. The minimum Gasteiger partial charge on any atom is -0.391 e. The van der Waals surface area contributed by atoms with Gasteiger partial charge in [0.05, 0.1) is 19.3 Å². The summed E-state index contributed by atoms with van der Waals surface area (Å²) in [4.78, 5) is 13.2. The molecule has 1 atom stereocenters. The first-order valence-corrected chi connectivity index (χ1v) is 4.89. The van der Waals surface area contributed by atoms with Crippen molar-refractivity contribution < 1.29 is 14.6 Å². The first-order chi connectivity index (χ1) is 6.74. The molecule has 5 nitrogen and oxygen atoms in total. The number of ether oxygens (including phenoxy) is 1. The number of aliphatic hydroxyl groups excluding tert-OH is 1. The van der Waals surface area contributed by atoms with Crippen molar-refractivity contribution in [2.45, 2.75) is 12.5 Å². The number of methoxy groups -OCH3 is 1. The summed E-state index contributed by atoms with van der Waals surface area (Å²) in [6.45, 7) is 2.77. The topological polar surface area (TPSA) is 61.8 Å². The molecule has 5 heteroatoms. The van der Waals surface area contributed by atoms with E-state index in [1.165, 1.54) is 0 Å². The highest BCUT2D eigenvalue weighted by atomic mass is 16.5. The summed E-state index contributed by atoms with van der Waals surface area (Å²) in [5.41, 5.74) is 0. The number of β-amino-alcohol motifs (C(OH)–C–C–N with tert-alkyl or cyclic N) is 1. The van der Waals surface area contributed by atoms with E-state index in [2.05, 4.69) is 5.32 Å². The van der Waals surface area contributed by atoms with Gasteiger partial charge in [0.25, 0.3) is 0 Å². The van der Waals surface area contributed by atoms with E-state index in [0.29, 0.717) is 39.2 Å². The van der Waals surface area contributed by atoms with Gasteiger partial charge in [-0.25, -0.2) is 0 Å². The zero-order valence-corrected chi connectivity index (χ0v) is 8.53. The summed E-state index contributed by atoms with van der Waals surface area (Å²) in [5.74, 6) is 0.0534. The Labute approximate surface area is 84.0 Å². The smallest absolute Gasteiger partial charge is 0.236 e. The van der Waals surface area contributed by atoms with Gasteiger partial charge in [-0.2, -0.15) is 0 Å². The van der Waals surface area contributed by atoms with Crippen LogP contribution in [0.25, 0.3) is 0 Å². The third kappa shape index (κ3) is 3.61. The molecule has 0 spiro atoms. The molecular weight excluding hydrogens is 184 g/mol. The summed E-state index contributed by atoms with van der Waals surface area (Å²) in [6.07, 6.45) is 0.363. The van der Waals surface area contributed by atoms with E-state index in [1.54, 1.807) is 12.0 Å². The largest absolute Gasteiger partial charge is 0.391 e. The Hall–Kier alpha value is -0.650. The number of hydrogen-bond donors (Lipinski definition) is 2. The molecule has 1 unspecified atom stereocenters. The lowest BCUT2D eigenvalue weighted by Crippen LogP contribution is -2.38. The number of nitrogens with one attached hydrogen (secondary N) is 1. The highest BCUT2D eigenvalue weighted by molar-refractivity contribution is 5.78. The number of likely N-dealkylation sites (tertiary alicyclic amines) is 1. The predicted octanol–water partition coefficient (Wildman–Crippen LogP) is -1.18. The number of nitrogens with zero attached hydrogens (tertiary/aromatic N) is 1. The van der Waals surface area contributed by atoms with Crippen molar-refractivity contribution >= 4 is 5.91 Å². The van der Waals surface area contributed by atoms with Gasteiger partial charge in [0.2, 0.25) is 5.91 Å². The van der Waals surface area contributed by atoms with Crippen molar-refractivity contribution in [1.82, 2.24) is 10.2 Å². The van der Waals surface area contributed by atoms with Gasteiger partial charge in [-0.3, -0.25) is 4.79 Å². The van der Waals surface area contributed by atoms with Crippen LogP contribution in [0.15, 0.2) is 0 Å². The summed E-state index contributed by atoms with van der Waals surface area (Å²) >= 11 is 0. The maximum Gasteiger partial charge on any atom is 0.236 e. The average Bonchev–Trinajstić information content (AvgIpc) is 2.59. The minimum absolute atomic E-state index is 0.0534. The van der Waals surface area contributed by atoms with Gasteiger partial charge >= 0.3 is 0 Å². The first-order valence-electron chi connectivity index (χ1n) is 4.89. The van der Waals surface area contributed by atoms with Crippen LogP contribution in [-0.2, 0) is 9.53 Å². The van der Waals surface area contributed by atoms with E-state index in [-0.39, 0.29) is 12.0 Å². The van der Waals surface area contributed by atoms with Crippen LogP contribution in [0, 0.1) is 0 Å². The molecule has 1 aliphatic heterocycles. The van der Waals surface area contributed by atoms with Gasteiger partial charge in [0, 0.05) is 26.7 Å². The Morgan fingerprint density at radius 3 is 3.07 bits per heavy atom. The molecule has 0 bridgehead atoms. The van der Waals surface area contributed by atoms with Crippen molar-refractivity contribution in [2.75, 3.05) is 39.9 Å². The molecule has 0 aromatic heterocycles. The monoisotopic (exact) mass is 202 g/mol. The van der Waals surface area contributed by atoms with E-state index < -0.39 is 0 Å². The van der Waals surface area contributed by atoms with Gasteiger partial charge in [0.1, 0.15) is 0 Å². The van der Waals surface area contributed by atoms with Gasteiger partial charge in [-0.05, 0) is 6.42 Å². The molecule has 1 saturated heterocycles. The van der Waals surface area contributed by atoms with E-state index >= 15 is 0 Å². The Morgan fingerprint density at radius 2 is 2.50 bits per heavy atom. The molecule has 1 amide bonds. The second-order valence-electron chi connectivity index (χ2n) is 3.45. The fourth-order valence-electron chi connectivity index (χ4n) is 1.45. The van der Waals surface area contributed by atoms with Crippen molar-refractivity contribution in [2.24, 2.45) is 0 Å². The molecular formula is C9H18N2O3. The number of rotatable bonds is 5. The molecule has 0 aromatic carbocycles. The predicted molar refractivity (Wildman–Crippen MR) is 51.9 cm³/mol. The van der Waals surface area contributed by atoms with Crippen LogP contribution < -0.4 is 5.32 Å². The zero-order valence-electron chi connectivity index (χ0n) is 8.53. The van der Waals surface area contributed by atoms with Crippen LogP contribution in [0.5, 0.6) is 0 Å². The van der Waals surface area contributed by atoms with Gasteiger partial charge in [-0.1, -0.05) is 0 Å². The summed E-state index contributed by atoms with van der Waals surface area (Å²) in [7, 11) is 1.63. The van der Waals surface area contributed by atoms with E-state index in [0.717, 1.165) is 0 Å². The quantitative estimate of drug-likeness (QED) is 0.551. The maximum absolute atomic E-state index is 11.5. The lowest BCUT2D eigenvalue weighted by atomic mass is 10.3. The zero-order chi connectivity index (χ0) is 10.4. The molecule has 2 N–H and O–H groups in total. The standard InChI is InChI=1S/C9H18N2O3/c1-14-5-3-10-6-9(13)11-4-2-8(12)7-11/h8,10,12H,2-7H2,1H3. The second kappa shape index (κ2) is 5.95. The van der Waals surface area contributed by atoms with E-state index in [4.69, 9.17) is 4.74 Å².